The van der Waals surface area contributed by atoms with Crippen molar-refractivity contribution in [2.24, 2.45) is 12.5 Å². The van der Waals surface area contributed by atoms with Gasteiger partial charge in [0.2, 0.25) is 10.0 Å². The summed E-state index contributed by atoms with van der Waals surface area (Å²) in [6.45, 7) is 0.977. The van der Waals surface area contributed by atoms with Crippen LogP contribution < -0.4 is 14.9 Å². The van der Waals surface area contributed by atoms with Crippen LogP contribution in [0.2, 0.25) is 0 Å². The summed E-state index contributed by atoms with van der Waals surface area (Å²) in [5, 5.41) is 16.0. The van der Waals surface area contributed by atoms with Crippen molar-refractivity contribution >= 4 is 43.9 Å². The molecule has 1 spiro atoms. The third kappa shape index (κ3) is 5.26. The third-order valence-corrected chi connectivity index (χ3v) is 8.61. The van der Waals surface area contributed by atoms with Gasteiger partial charge in [0, 0.05) is 31.2 Å². The van der Waals surface area contributed by atoms with Crippen LogP contribution in [0.5, 0.6) is 0 Å². The molecule has 3 aromatic rings. The van der Waals surface area contributed by atoms with Gasteiger partial charge in [-0.15, -0.1) is 0 Å². The molecule has 2 aromatic carbocycles. The number of sulfonamides is 1. The predicted octanol–water partition coefficient (Wildman–Crippen LogP) is 3.88. The number of benzene rings is 2. The molecular formula is C25H29F2N5O4S. The molecule has 9 nitrogen and oxygen atoms in total. The summed E-state index contributed by atoms with van der Waals surface area (Å²) in [7, 11) is -2.16. The molecule has 1 aliphatic heterocycles. The molecule has 37 heavy (non-hydrogen) atoms. The highest BCUT2D eigenvalue weighted by Gasteiger charge is 2.44. The maximum absolute atomic E-state index is 13.5. The fourth-order valence-electron chi connectivity index (χ4n) is 5.03. The maximum Gasteiger partial charge on any atom is 0.282 e. The number of anilines is 3. The molecule has 0 bridgehead atoms. The van der Waals surface area contributed by atoms with E-state index in [2.05, 4.69) is 20.0 Å². The smallest absolute Gasteiger partial charge is 0.282 e. The van der Waals surface area contributed by atoms with E-state index in [1.54, 1.807) is 31.3 Å². The summed E-state index contributed by atoms with van der Waals surface area (Å²) in [6, 6.07) is 9.43. The normalized spacial score (nSPS) is 16.9. The minimum atomic E-state index is -3.74. The molecular weight excluding hydrogens is 504 g/mol. The van der Waals surface area contributed by atoms with E-state index in [4.69, 9.17) is 5.11 Å². The first-order valence-corrected chi connectivity index (χ1v) is 13.8. The number of fused-ring (bicyclic) bond motifs is 1. The summed E-state index contributed by atoms with van der Waals surface area (Å²) in [6.07, 6.45) is 1.68. The van der Waals surface area contributed by atoms with Gasteiger partial charge in [-0.1, -0.05) is 0 Å². The van der Waals surface area contributed by atoms with Crippen molar-refractivity contribution in [1.29, 1.82) is 0 Å². The lowest BCUT2D eigenvalue weighted by Crippen LogP contribution is -2.35. The molecule has 5 rings (SSSR count). The lowest BCUT2D eigenvalue weighted by molar-refractivity contribution is 0.102. The van der Waals surface area contributed by atoms with Crippen LogP contribution >= 0.6 is 0 Å². The number of aromatic nitrogens is 2. The molecule has 3 N–H and O–H groups in total. The Kier molecular flexibility index (Phi) is 6.57. The molecule has 2 heterocycles. The number of aliphatic hydroxyl groups excluding tert-OH is 1. The van der Waals surface area contributed by atoms with E-state index in [1.807, 2.05) is 0 Å². The number of aryl methyl sites for hydroxylation is 1. The summed E-state index contributed by atoms with van der Waals surface area (Å²) >= 11 is 0. The largest absolute Gasteiger partial charge is 0.395 e. The highest BCUT2D eigenvalue weighted by molar-refractivity contribution is 7.92. The number of alkyl halides is 2. The van der Waals surface area contributed by atoms with Crippen LogP contribution in [-0.4, -0.2) is 54.7 Å². The number of amides is 1. The number of nitrogens with one attached hydrogen (secondary N) is 2. The average Bonchev–Trinajstić information content (AvgIpc) is 3.51. The third-order valence-electron chi connectivity index (χ3n) is 7.34. The topological polar surface area (TPSA) is 117 Å². The number of aliphatic hydroxyl groups is 1. The first-order chi connectivity index (χ1) is 17.6. The van der Waals surface area contributed by atoms with Gasteiger partial charge in [-0.3, -0.25) is 14.2 Å². The van der Waals surface area contributed by atoms with Crippen LogP contribution in [0.15, 0.2) is 36.4 Å². The molecule has 0 radical (unpaired) electrons. The molecule has 1 aliphatic carbocycles. The molecule has 1 amide bonds. The zero-order valence-corrected chi connectivity index (χ0v) is 21.2. The molecule has 0 unspecified atom stereocenters. The number of halogens is 2. The van der Waals surface area contributed by atoms with E-state index >= 15 is 0 Å². The fraction of sp³-hybridized carbons (Fsp3) is 0.440. The molecule has 2 aliphatic rings. The Morgan fingerprint density at radius 3 is 2.46 bits per heavy atom. The van der Waals surface area contributed by atoms with Crippen molar-refractivity contribution in [2.75, 3.05) is 40.4 Å². The van der Waals surface area contributed by atoms with Crippen molar-refractivity contribution in [3.05, 3.63) is 47.7 Å². The first kappa shape index (κ1) is 25.4. The second-order valence-corrected chi connectivity index (χ2v) is 11.7. The Hall–Kier alpha value is -3.25. The quantitative estimate of drug-likeness (QED) is 0.405. The SMILES string of the molecule is Cn1nc(C(F)F)c2cc(NC(=O)c3ccc(NS(=O)(=O)CCO)cc3N3CCC4(CC3)CC4)ccc21. The van der Waals surface area contributed by atoms with Gasteiger partial charge in [-0.05, 0) is 67.5 Å². The van der Waals surface area contributed by atoms with E-state index in [0.29, 0.717) is 33.6 Å². The summed E-state index contributed by atoms with van der Waals surface area (Å²) in [5.74, 6) is -0.873. The highest BCUT2D eigenvalue weighted by Crippen LogP contribution is 2.54. The van der Waals surface area contributed by atoms with Crippen LogP contribution in [0.25, 0.3) is 10.9 Å². The van der Waals surface area contributed by atoms with Gasteiger partial charge in [-0.25, -0.2) is 17.2 Å². The summed E-state index contributed by atoms with van der Waals surface area (Å²) < 4.78 is 55.2. The summed E-state index contributed by atoms with van der Waals surface area (Å²) in [5.41, 5.74) is 2.16. The standard InChI is InChI=1S/C25H29F2N5O4S/c1-31-20-5-3-16(14-19(20)22(29-31)23(26)27)28-24(34)18-4-2-17(30-37(35,36)13-12-33)15-21(18)32-10-8-25(6-7-25)9-11-32/h2-5,14-15,23,30,33H,6-13H2,1H3,(H,28,34). The molecule has 1 saturated carbocycles. The monoisotopic (exact) mass is 533 g/mol. The molecule has 12 heteroatoms. The average molecular weight is 534 g/mol. The summed E-state index contributed by atoms with van der Waals surface area (Å²) in [4.78, 5) is 15.5. The number of hydrogen-bond donors (Lipinski definition) is 3. The lowest BCUT2D eigenvalue weighted by atomic mass is 9.93. The van der Waals surface area contributed by atoms with Crippen LogP contribution in [0, 0.1) is 5.41 Å². The van der Waals surface area contributed by atoms with Gasteiger partial charge in [-0.2, -0.15) is 5.10 Å². The van der Waals surface area contributed by atoms with E-state index < -0.39 is 34.7 Å². The van der Waals surface area contributed by atoms with Crippen molar-refractivity contribution < 1.29 is 27.1 Å². The van der Waals surface area contributed by atoms with E-state index in [1.165, 1.54) is 29.7 Å². The van der Waals surface area contributed by atoms with Gasteiger partial charge in [0.1, 0.15) is 5.69 Å². The second-order valence-electron chi connectivity index (χ2n) is 9.86. The number of carbonyl (C=O) groups is 1. The zero-order valence-electron chi connectivity index (χ0n) is 20.4. The van der Waals surface area contributed by atoms with Gasteiger partial charge in [0.15, 0.2) is 0 Å². The lowest BCUT2D eigenvalue weighted by Gasteiger charge is -2.35. The van der Waals surface area contributed by atoms with Crippen molar-refractivity contribution in [2.45, 2.75) is 32.1 Å². The van der Waals surface area contributed by atoms with Gasteiger partial charge in [0.25, 0.3) is 12.3 Å². The van der Waals surface area contributed by atoms with Gasteiger partial charge >= 0.3 is 0 Å². The van der Waals surface area contributed by atoms with Crippen LogP contribution in [0.4, 0.5) is 25.8 Å². The van der Waals surface area contributed by atoms with Crippen LogP contribution in [-0.2, 0) is 17.1 Å². The predicted molar refractivity (Wildman–Crippen MR) is 138 cm³/mol. The number of rotatable bonds is 8. The maximum atomic E-state index is 13.5. The minimum Gasteiger partial charge on any atom is -0.395 e. The van der Waals surface area contributed by atoms with Crippen molar-refractivity contribution in [1.82, 2.24) is 9.78 Å². The van der Waals surface area contributed by atoms with Crippen molar-refractivity contribution in [3.63, 3.8) is 0 Å². The zero-order chi connectivity index (χ0) is 26.4. The number of piperidine rings is 1. The molecule has 1 aromatic heterocycles. The Morgan fingerprint density at radius 1 is 1.11 bits per heavy atom. The van der Waals surface area contributed by atoms with Gasteiger partial charge < -0.3 is 15.3 Å². The van der Waals surface area contributed by atoms with Gasteiger partial charge in [0.05, 0.1) is 34.8 Å². The number of carbonyl (C=O) groups excluding carboxylic acids is 1. The highest BCUT2D eigenvalue weighted by atomic mass is 32.2. The first-order valence-electron chi connectivity index (χ1n) is 12.2. The van der Waals surface area contributed by atoms with E-state index in [-0.39, 0.29) is 11.1 Å². The Labute approximate surface area is 213 Å². The molecule has 0 atom stereocenters. The second kappa shape index (κ2) is 9.56. The van der Waals surface area contributed by atoms with Crippen LogP contribution in [0.1, 0.15) is 48.2 Å². The molecule has 1 saturated heterocycles. The van der Waals surface area contributed by atoms with E-state index in [0.717, 1.165) is 25.9 Å². The Balaban J connectivity index is 1.45. The van der Waals surface area contributed by atoms with E-state index in [9.17, 15) is 22.0 Å². The number of hydrogen-bond acceptors (Lipinski definition) is 6. The fourth-order valence-corrected chi connectivity index (χ4v) is 5.86. The molecule has 198 valence electrons. The number of nitrogens with zero attached hydrogens (tertiary/aromatic N) is 3. The minimum absolute atomic E-state index is 0.259. The Bertz CT molecular complexity index is 1440. The van der Waals surface area contributed by atoms with Crippen LogP contribution in [0.3, 0.4) is 0 Å². The Morgan fingerprint density at radius 2 is 1.81 bits per heavy atom. The molecule has 2 fully saturated rings. The van der Waals surface area contributed by atoms with Crippen molar-refractivity contribution in [3.8, 4) is 0 Å².